The summed E-state index contributed by atoms with van der Waals surface area (Å²) in [6, 6.07) is 6.41. The number of hydrogen-bond acceptors (Lipinski definition) is 4. The van der Waals surface area contributed by atoms with Gasteiger partial charge in [-0.1, -0.05) is 11.3 Å². The van der Waals surface area contributed by atoms with Gasteiger partial charge in [0, 0.05) is 19.3 Å². The van der Waals surface area contributed by atoms with Gasteiger partial charge in [0.15, 0.2) is 0 Å². The summed E-state index contributed by atoms with van der Waals surface area (Å²) < 4.78 is 14.9. The number of nitrogens with zero attached hydrogens (tertiary/aromatic N) is 4. The molecule has 0 unspecified atom stereocenters. The molecule has 0 spiro atoms. The molecular formula is C13H14FN5. The largest absolute Gasteiger partial charge is 0.313 e. The molecule has 0 saturated carbocycles. The van der Waals surface area contributed by atoms with Gasteiger partial charge in [0.2, 0.25) is 0 Å². The monoisotopic (exact) mass is 259 g/mol. The molecule has 0 atom stereocenters. The lowest BCUT2D eigenvalue weighted by molar-refractivity contribution is 0.530. The van der Waals surface area contributed by atoms with Gasteiger partial charge >= 0.3 is 0 Å². The van der Waals surface area contributed by atoms with E-state index in [1.165, 1.54) is 6.07 Å². The number of aryl methyl sites for hydroxylation is 1. The van der Waals surface area contributed by atoms with E-state index in [9.17, 15) is 4.39 Å². The fraction of sp³-hybridized carbons (Fsp3) is 0.308. The summed E-state index contributed by atoms with van der Waals surface area (Å²) in [6.07, 6.45) is 4.39. The highest BCUT2D eigenvalue weighted by atomic mass is 19.1. The van der Waals surface area contributed by atoms with Crippen LogP contribution in [0.5, 0.6) is 0 Å². The summed E-state index contributed by atoms with van der Waals surface area (Å²) in [5.41, 5.74) is 0.987. The average Bonchev–Trinajstić information content (AvgIpc) is 2.93. The van der Waals surface area contributed by atoms with E-state index in [2.05, 4.69) is 15.6 Å². The first-order valence-electron chi connectivity index (χ1n) is 6.03. The van der Waals surface area contributed by atoms with Gasteiger partial charge in [0.05, 0.1) is 11.8 Å². The zero-order valence-corrected chi connectivity index (χ0v) is 10.4. The minimum Gasteiger partial charge on any atom is -0.313 e. The number of nitriles is 1. The van der Waals surface area contributed by atoms with E-state index in [0.717, 1.165) is 25.1 Å². The quantitative estimate of drug-likeness (QED) is 0.798. The highest BCUT2D eigenvalue weighted by Crippen LogP contribution is 2.09. The van der Waals surface area contributed by atoms with Crippen molar-refractivity contribution in [3.63, 3.8) is 0 Å². The second-order valence-electron chi connectivity index (χ2n) is 4.12. The molecule has 0 amide bonds. The third kappa shape index (κ3) is 3.86. The van der Waals surface area contributed by atoms with Crippen LogP contribution >= 0.6 is 0 Å². The smallest absolute Gasteiger partial charge is 0.140 e. The number of halogens is 1. The molecule has 0 aliphatic heterocycles. The van der Waals surface area contributed by atoms with Crippen LogP contribution in [-0.4, -0.2) is 21.5 Å². The van der Waals surface area contributed by atoms with Crippen LogP contribution in [0.25, 0.3) is 0 Å². The Morgan fingerprint density at radius 2 is 2.32 bits per heavy atom. The van der Waals surface area contributed by atoms with Crippen molar-refractivity contribution in [3.05, 3.63) is 47.5 Å². The van der Waals surface area contributed by atoms with Gasteiger partial charge in [-0.15, -0.1) is 5.10 Å². The van der Waals surface area contributed by atoms with E-state index >= 15 is 0 Å². The zero-order valence-electron chi connectivity index (χ0n) is 10.4. The van der Waals surface area contributed by atoms with Gasteiger partial charge in [-0.3, -0.25) is 4.68 Å². The number of aromatic nitrogens is 3. The van der Waals surface area contributed by atoms with Crippen molar-refractivity contribution in [1.29, 1.82) is 5.26 Å². The Bertz CT molecular complexity index is 559. The Labute approximate surface area is 110 Å². The van der Waals surface area contributed by atoms with Crippen LogP contribution < -0.4 is 5.32 Å². The number of benzene rings is 1. The fourth-order valence-electron chi connectivity index (χ4n) is 1.72. The number of hydrogen-bond donors (Lipinski definition) is 1. The maximum Gasteiger partial charge on any atom is 0.140 e. The average molecular weight is 259 g/mol. The van der Waals surface area contributed by atoms with E-state index in [1.807, 2.05) is 12.3 Å². The molecule has 0 saturated heterocycles. The van der Waals surface area contributed by atoms with Crippen LogP contribution in [0.2, 0.25) is 0 Å². The molecule has 2 aromatic rings. The molecule has 5 nitrogen and oxygen atoms in total. The van der Waals surface area contributed by atoms with Gasteiger partial charge in [-0.2, -0.15) is 5.26 Å². The van der Waals surface area contributed by atoms with Crippen molar-refractivity contribution in [2.45, 2.75) is 19.5 Å². The van der Waals surface area contributed by atoms with Crippen LogP contribution in [0, 0.1) is 17.1 Å². The molecule has 19 heavy (non-hydrogen) atoms. The summed E-state index contributed by atoms with van der Waals surface area (Å²) in [7, 11) is 0. The van der Waals surface area contributed by atoms with Crippen LogP contribution in [0.1, 0.15) is 17.5 Å². The highest BCUT2D eigenvalue weighted by Gasteiger charge is 2.02. The van der Waals surface area contributed by atoms with Crippen LogP contribution in [0.4, 0.5) is 4.39 Å². The molecule has 6 heteroatoms. The summed E-state index contributed by atoms with van der Waals surface area (Å²) >= 11 is 0. The molecule has 0 radical (unpaired) electrons. The second-order valence-corrected chi connectivity index (χ2v) is 4.12. The first-order chi connectivity index (χ1) is 9.29. The molecule has 0 fully saturated rings. The Balaban J connectivity index is 1.72. The molecule has 1 heterocycles. The lowest BCUT2D eigenvalue weighted by Gasteiger charge is -2.05. The van der Waals surface area contributed by atoms with Crippen LogP contribution in [-0.2, 0) is 13.1 Å². The fourth-order valence-corrected chi connectivity index (χ4v) is 1.72. The van der Waals surface area contributed by atoms with E-state index in [0.29, 0.717) is 6.54 Å². The van der Waals surface area contributed by atoms with E-state index in [4.69, 9.17) is 5.26 Å². The maximum atomic E-state index is 13.1. The molecule has 0 aliphatic carbocycles. The van der Waals surface area contributed by atoms with Crippen molar-refractivity contribution < 1.29 is 4.39 Å². The maximum absolute atomic E-state index is 13.1. The predicted octanol–water partition coefficient (Wildman–Crippen LogP) is 1.47. The normalized spacial score (nSPS) is 10.3. The number of rotatable bonds is 6. The Kier molecular flexibility index (Phi) is 4.59. The summed E-state index contributed by atoms with van der Waals surface area (Å²) in [5.74, 6) is -0.475. The molecule has 0 bridgehead atoms. The van der Waals surface area contributed by atoms with Crippen molar-refractivity contribution in [1.82, 2.24) is 20.3 Å². The van der Waals surface area contributed by atoms with Gasteiger partial charge < -0.3 is 5.32 Å². The van der Waals surface area contributed by atoms with Gasteiger partial charge in [-0.25, -0.2) is 4.39 Å². The van der Waals surface area contributed by atoms with Gasteiger partial charge in [0.1, 0.15) is 11.9 Å². The van der Waals surface area contributed by atoms with Crippen molar-refractivity contribution in [2.75, 3.05) is 6.54 Å². The predicted molar refractivity (Wildman–Crippen MR) is 67.5 cm³/mol. The second kappa shape index (κ2) is 6.61. The minimum atomic E-state index is -0.475. The third-order valence-electron chi connectivity index (χ3n) is 2.69. The molecule has 1 N–H and O–H groups in total. The van der Waals surface area contributed by atoms with Crippen molar-refractivity contribution >= 4 is 0 Å². The third-order valence-corrected chi connectivity index (χ3v) is 2.69. The topological polar surface area (TPSA) is 66.5 Å². The Morgan fingerprint density at radius 1 is 1.42 bits per heavy atom. The minimum absolute atomic E-state index is 0.0851. The van der Waals surface area contributed by atoms with Crippen LogP contribution in [0.3, 0.4) is 0 Å². The number of nitrogens with one attached hydrogen (secondary N) is 1. The highest BCUT2D eigenvalue weighted by molar-refractivity contribution is 5.34. The molecule has 98 valence electrons. The first kappa shape index (κ1) is 13.2. The SMILES string of the molecule is N#Cc1cc(CNCCCn2ccnn2)ccc1F. The standard InChI is InChI=1S/C13H14FN5/c14-13-3-2-11(8-12(13)9-15)10-16-4-1-6-19-7-5-17-18-19/h2-3,5,7-8,16H,1,4,6,10H2. The van der Waals surface area contributed by atoms with E-state index in [-0.39, 0.29) is 5.56 Å². The summed E-state index contributed by atoms with van der Waals surface area (Å²) in [5, 5.41) is 19.6. The summed E-state index contributed by atoms with van der Waals surface area (Å²) in [6.45, 7) is 2.24. The molecule has 1 aromatic carbocycles. The van der Waals surface area contributed by atoms with E-state index < -0.39 is 5.82 Å². The van der Waals surface area contributed by atoms with Gasteiger partial charge in [-0.05, 0) is 30.7 Å². The molecule has 0 aliphatic rings. The Hall–Kier alpha value is -2.26. The molecule has 2 rings (SSSR count). The van der Waals surface area contributed by atoms with E-state index in [1.54, 1.807) is 23.0 Å². The lowest BCUT2D eigenvalue weighted by Crippen LogP contribution is -2.16. The van der Waals surface area contributed by atoms with Crippen molar-refractivity contribution in [2.24, 2.45) is 0 Å². The summed E-state index contributed by atoms with van der Waals surface area (Å²) in [4.78, 5) is 0. The Morgan fingerprint density at radius 3 is 3.05 bits per heavy atom. The van der Waals surface area contributed by atoms with Gasteiger partial charge in [0.25, 0.3) is 0 Å². The first-order valence-corrected chi connectivity index (χ1v) is 6.03. The van der Waals surface area contributed by atoms with Crippen LogP contribution in [0.15, 0.2) is 30.6 Å². The van der Waals surface area contributed by atoms with Crippen molar-refractivity contribution in [3.8, 4) is 6.07 Å². The lowest BCUT2D eigenvalue weighted by atomic mass is 10.1. The molecular weight excluding hydrogens is 245 g/mol. The molecule has 1 aromatic heterocycles. The zero-order chi connectivity index (χ0) is 13.5.